The summed E-state index contributed by atoms with van der Waals surface area (Å²) < 4.78 is 0. The Bertz CT molecular complexity index is 964. The number of nitrogens with zero attached hydrogens (tertiary/aromatic N) is 2. The number of anilines is 2. The third kappa shape index (κ3) is 6.09. The van der Waals surface area contributed by atoms with Crippen molar-refractivity contribution in [1.29, 1.82) is 0 Å². The third-order valence-electron chi connectivity index (χ3n) is 8.41. The minimum absolute atomic E-state index is 0.148. The van der Waals surface area contributed by atoms with Gasteiger partial charge in [-0.2, -0.15) is 0 Å². The monoisotopic (exact) mass is 514 g/mol. The lowest BCUT2D eigenvalue weighted by molar-refractivity contribution is -0.143. The molecule has 1 aromatic carbocycles. The van der Waals surface area contributed by atoms with E-state index in [1.54, 1.807) is 4.90 Å². The molecule has 3 aliphatic rings. The fourth-order valence-electron chi connectivity index (χ4n) is 6.57. The number of amides is 2. The molecule has 9 heteroatoms. The summed E-state index contributed by atoms with van der Waals surface area (Å²) in [4.78, 5) is 42.4. The zero-order chi connectivity index (χ0) is 26.5. The molecule has 1 aliphatic carbocycles. The van der Waals surface area contributed by atoms with E-state index in [2.05, 4.69) is 22.5 Å². The van der Waals surface area contributed by atoms with E-state index in [4.69, 9.17) is 0 Å². The number of aliphatic hydroxyl groups is 1. The highest BCUT2D eigenvalue weighted by Gasteiger charge is 2.42. The van der Waals surface area contributed by atoms with Crippen molar-refractivity contribution in [2.24, 2.45) is 0 Å². The van der Waals surface area contributed by atoms with Crippen LogP contribution in [0.15, 0.2) is 24.3 Å². The van der Waals surface area contributed by atoms with Gasteiger partial charge in [0.1, 0.15) is 6.04 Å². The summed E-state index contributed by atoms with van der Waals surface area (Å²) in [6.45, 7) is 3.62. The number of fused-ring (bicyclic) bond motifs is 1. The molecule has 204 valence electrons. The van der Waals surface area contributed by atoms with E-state index in [1.807, 2.05) is 31.2 Å². The quantitative estimate of drug-likeness (QED) is 0.393. The van der Waals surface area contributed by atoms with E-state index >= 15 is 0 Å². The number of aliphatic hydroxyl groups excluding tert-OH is 1. The minimum atomic E-state index is -1.47. The second-order valence-electron chi connectivity index (χ2n) is 11.0. The van der Waals surface area contributed by atoms with Crippen molar-refractivity contribution in [3.05, 3.63) is 24.3 Å². The van der Waals surface area contributed by atoms with E-state index < -0.39 is 36.5 Å². The SMILES string of the molecule is C[C@@H](C[C@@H]1CC[C@H](C)N1C1CCCCCCC1)N1C(=O)C(C(=O)N[C@@H](CO)C(=O)O)Nc2ccccc21. The van der Waals surface area contributed by atoms with Crippen LogP contribution in [0.3, 0.4) is 0 Å². The van der Waals surface area contributed by atoms with Crippen molar-refractivity contribution in [3.8, 4) is 0 Å². The Labute approximate surface area is 219 Å². The summed E-state index contributed by atoms with van der Waals surface area (Å²) in [5, 5.41) is 23.8. The fourth-order valence-corrected chi connectivity index (χ4v) is 6.57. The summed E-state index contributed by atoms with van der Waals surface area (Å²) >= 11 is 0. The van der Waals surface area contributed by atoms with Crippen LogP contribution in [-0.2, 0) is 14.4 Å². The topological polar surface area (TPSA) is 122 Å². The van der Waals surface area contributed by atoms with Gasteiger partial charge in [0.2, 0.25) is 0 Å². The molecular weight excluding hydrogens is 472 g/mol. The van der Waals surface area contributed by atoms with Crippen molar-refractivity contribution in [2.75, 3.05) is 16.8 Å². The molecule has 0 radical (unpaired) electrons. The van der Waals surface area contributed by atoms with Crippen LogP contribution in [0.25, 0.3) is 0 Å². The summed E-state index contributed by atoms with van der Waals surface area (Å²) in [6, 6.07) is 6.01. The van der Waals surface area contributed by atoms with Gasteiger partial charge >= 0.3 is 5.97 Å². The molecule has 0 bridgehead atoms. The Balaban J connectivity index is 1.53. The lowest BCUT2D eigenvalue weighted by Gasteiger charge is -2.42. The highest BCUT2D eigenvalue weighted by atomic mass is 16.4. The first kappa shape index (κ1) is 27.4. The van der Waals surface area contributed by atoms with Crippen LogP contribution in [0, 0.1) is 0 Å². The standard InChI is InChI=1S/C28H42N4O5/c1-18-14-15-21(31(18)20-10-6-4-3-5-7-11-20)16-19(2)32-24-13-9-8-12-22(24)29-25(27(32)35)26(34)30-23(17-33)28(36)37/h8-9,12-13,18-21,23,25,29,33H,3-7,10-11,14-17H2,1-2H3,(H,30,34)(H,36,37)/t18-,19-,21-,23-,25?/m0/s1. The summed E-state index contributed by atoms with van der Waals surface area (Å²) in [5.74, 6) is -2.52. The molecule has 4 rings (SSSR count). The Morgan fingerprint density at radius 1 is 1.08 bits per heavy atom. The number of hydrogen-bond acceptors (Lipinski definition) is 6. The van der Waals surface area contributed by atoms with E-state index in [1.165, 1.54) is 44.9 Å². The smallest absolute Gasteiger partial charge is 0.328 e. The van der Waals surface area contributed by atoms with Crippen LogP contribution < -0.4 is 15.5 Å². The van der Waals surface area contributed by atoms with Crippen molar-refractivity contribution in [3.63, 3.8) is 0 Å². The molecule has 2 fully saturated rings. The normalized spacial score (nSPS) is 26.9. The molecule has 1 saturated heterocycles. The van der Waals surface area contributed by atoms with Crippen LogP contribution in [0.5, 0.6) is 0 Å². The molecule has 2 amide bonds. The van der Waals surface area contributed by atoms with Crippen LogP contribution in [0.2, 0.25) is 0 Å². The predicted molar refractivity (Wildman–Crippen MR) is 143 cm³/mol. The van der Waals surface area contributed by atoms with Gasteiger partial charge in [-0.05, 0) is 58.1 Å². The molecule has 9 nitrogen and oxygen atoms in total. The molecule has 4 N–H and O–H groups in total. The lowest BCUT2D eigenvalue weighted by atomic mass is 9.93. The van der Waals surface area contributed by atoms with Gasteiger partial charge in [-0.15, -0.1) is 0 Å². The molecule has 0 spiro atoms. The Kier molecular flexibility index (Phi) is 9.08. The number of para-hydroxylation sites is 2. The third-order valence-corrected chi connectivity index (χ3v) is 8.41. The largest absolute Gasteiger partial charge is 0.480 e. The van der Waals surface area contributed by atoms with Crippen LogP contribution in [0.1, 0.15) is 78.1 Å². The van der Waals surface area contributed by atoms with Crippen molar-refractivity contribution in [2.45, 2.75) is 114 Å². The molecule has 0 aromatic heterocycles. The number of carboxylic acid groups (broad SMARTS) is 1. The van der Waals surface area contributed by atoms with E-state index in [0.717, 1.165) is 24.9 Å². The van der Waals surface area contributed by atoms with Gasteiger partial charge in [0.25, 0.3) is 11.8 Å². The van der Waals surface area contributed by atoms with Gasteiger partial charge in [-0.1, -0.05) is 44.2 Å². The Hall–Kier alpha value is -2.65. The molecule has 37 heavy (non-hydrogen) atoms. The van der Waals surface area contributed by atoms with Gasteiger partial charge in [-0.25, -0.2) is 4.79 Å². The highest BCUT2D eigenvalue weighted by molar-refractivity contribution is 6.17. The molecular formula is C28H42N4O5. The predicted octanol–water partition coefficient (Wildman–Crippen LogP) is 3.12. The average molecular weight is 515 g/mol. The molecule has 1 aromatic rings. The van der Waals surface area contributed by atoms with Gasteiger partial charge < -0.3 is 25.7 Å². The number of benzene rings is 1. The van der Waals surface area contributed by atoms with Crippen LogP contribution >= 0.6 is 0 Å². The maximum absolute atomic E-state index is 13.7. The van der Waals surface area contributed by atoms with Crippen LogP contribution in [0.4, 0.5) is 11.4 Å². The molecule has 2 heterocycles. The van der Waals surface area contributed by atoms with Gasteiger partial charge in [-0.3, -0.25) is 14.5 Å². The minimum Gasteiger partial charge on any atom is -0.480 e. The first-order chi connectivity index (χ1) is 17.8. The van der Waals surface area contributed by atoms with Gasteiger partial charge in [0.05, 0.1) is 18.0 Å². The van der Waals surface area contributed by atoms with Gasteiger partial charge in [0, 0.05) is 24.2 Å². The Morgan fingerprint density at radius 2 is 1.76 bits per heavy atom. The summed E-state index contributed by atoms with van der Waals surface area (Å²) in [6.07, 6.45) is 12.1. The average Bonchev–Trinajstić information content (AvgIpc) is 3.21. The Morgan fingerprint density at radius 3 is 2.43 bits per heavy atom. The number of likely N-dealkylation sites (tertiary alicyclic amines) is 1. The molecule has 2 aliphatic heterocycles. The fraction of sp³-hybridized carbons (Fsp3) is 0.679. The second-order valence-corrected chi connectivity index (χ2v) is 11.0. The lowest BCUT2D eigenvalue weighted by Crippen LogP contribution is -2.59. The number of nitrogens with one attached hydrogen (secondary N) is 2. The first-order valence-electron chi connectivity index (χ1n) is 13.9. The number of rotatable bonds is 8. The maximum atomic E-state index is 13.7. The van der Waals surface area contributed by atoms with Gasteiger partial charge in [0.15, 0.2) is 6.04 Å². The van der Waals surface area contributed by atoms with Crippen molar-refractivity contribution < 1.29 is 24.6 Å². The molecule has 1 saturated carbocycles. The van der Waals surface area contributed by atoms with Crippen molar-refractivity contribution >= 4 is 29.2 Å². The number of aliphatic carboxylic acids is 1. The van der Waals surface area contributed by atoms with E-state index in [-0.39, 0.29) is 6.04 Å². The highest BCUT2D eigenvalue weighted by Crippen LogP contribution is 2.38. The molecule has 1 unspecified atom stereocenters. The van der Waals surface area contributed by atoms with Crippen LogP contribution in [-0.4, -0.2) is 75.8 Å². The number of hydrogen-bond donors (Lipinski definition) is 4. The number of carbonyl (C=O) groups excluding carboxylic acids is 2. The van der Waals surface area contributed by atoms with E-state index in [0.29, 0.717) is 23.8 Å². The van der Waals surface area contributed by atoms with E-state index in [9.17, 15) is 24.6 Å². The van der Waals surface area contributed by atoms with Crippen molar-refractivity contribution in [1.82, 2.24) is 10.2 Å². The summed E-state index contributed by atoms with van der Waals surface area (Å²) in [7, 11) is 0. The molecule has 5 atom stereocenters. The first-order valence-corrected chi connectivity index (χ1v) is 13.9. The number of carbonyl (C=O) groups is 3. The zero-order valence-electron chi connectivity index (χ0n) is 22.1. The maximum Gasteiger partial charge on any atom is 0.328 e. The zero-order valence-corrected chi connectivity index (χ0v) is 22.1. The second kappa shape index (κ2) is 12.3. The summed E-state index contributed by atoms with van der Waals surface area (Å²) in [5.41, 5.74) is 1.38. The number of carboxylic acids is 1.